The van der Waals surface area contributed by atoms with Crippen molar-refractivity contribution in [1.82, 2.24) is 0 Å². The van der Waals surface area contributed by atoms with Crippen LogP contribution in [0.1, 0.15) is 80.6 Å². The van der Waals surface area contributed by atoms with Gasteiger partial charge in [0, 0.05) is 0 Å². The third kappa shape index (κ3) is 7.51. The summed E-state index contributed by atoms with van der Waals surface area (Å²) in [6.07, 6.45) is 19.9. The van der Waals surface area contributed by atoms with Crippen molar-refractivity contribution in [1.29, 1.82) is 0 Å². The highest BCUT2D eigenvalue weighted by molar-refractivity contribution is 5.37. The van der Waals surface area contributed by atoms with Crippen LogP contribution in [-0.4, -0.2) is 0 Å². The standard InChI is InChI=1S/C24H38/c1-19(2)11-8-12-20(3)13-9-14-21(4)16-17-23-22(5)15-10-18-24(23,6)7/h9,12-14,16-17,19H,8,10-11,15,18H2,1-7H3/b13-9+,17-16+,20-12+,21-14+. The van der Waals surface area contributed by atoms with Gasteiger partial charge in [0.15, 0.2) is 0 Å². The number of hydrogen-bond acceptors (Lipinski definition) is 0. The molecule has 0 saturated carbocycles. The van der Waals surface area contributed by atoms with Gasteiger partial charge in [-0.15, -0.1) is 0 Å². The van der Waals surface area contributed by atoms with Crippen LogP contribution in [-0.2, 0) is 0 Å². The Morgan fingerprint density at radius 3 is 2.46 bits per heavy atom. The zero-order chi connectivity index (χ0) is 18.2. The van der Waals surface area contributed by atoms with Crippen LogP contribution in [0.3, 0.4) is 0 Å². The summed E-state index contributed by atoms with van der Waals surface area (Å²) in [5, 5.41) is 0. The van der Waals surface area contributed by atoms with Crippen molar-refractivity contribution in [3.63, 3.8) is 0 Å². The Balaban J connectivity index is 2.65. The van der Waals surface area contributed by atoms with E-state index in [2.05, 4.69) is 84.9 Å². The van der Waals surface area contributed by atoms with Gasteiger partial charge in [-0.05, 0) is 69.8 Å². The monoisotopic (exact) mass is 326 g/mol. The normalized spacial score (nSPS) is 20.0. The van der Waals surface area contributed by atoms with Crippen LogP contribution in [0.5, 0.6) is 0 Å². The molecule has 0 bridgehead atoms. The van der Waals surface area contributed by atoms with Gasteiger partial charge in [0.1, 0.15) is 0 Å². The summed E-state index contributed by atoms with van der Waals surface area (Å²) in [6.45, 7) is 16.0. The van der Waals surface area contributed by atoms with Crippen molar-refractivity contribution in [2.24, 2.45) is 11.3 Å². The fourth-order valence-electron chi connectivity index (χ4n) is 3.34. The molecule has 0 heteroatoms. The van der Waals surface area contributed by atoms with Crippen molar-refractivity contribution < 1.29 is 0 Å². The molecule has 0 radical (unpaired) electrons. The molecule has 0 amide bonds. The lowest BCUT2D eigenvalue weighted by Gasteiger charge is -2.32. The fraction of sp³-hybridized carbons (Fsp3) is 0.583. The first kappa shape index (κ1) is 20.7. The lowest BCUT2D eigenvalue weighted by atomic mass is 9.72. The Kier molecular flexibility index (Phi) is 8.53. The molecule has 0 aromatic heterocycles. The molecular formula is C24H38. The van der Waals surface area contributed by atoms with Crippen molar-refractivity contribution in [3.05, 3.63) is 58.7 Å². The second-order valence-electron chi connectivity index (χ2n) is 8.45. The van der Waals surface area contributed by atoms with E-state index in [1.54, 1.807) is 5.57 Å². The summed E-state index contributed by atoms with van der Waals surface area (Å²) in [5.74, 6) is 0.784. The van der Waals surface area contributed by atoms with Gasteiger partial charge in [-0.2, -0.15) is 0 Å². The van der Waals surface area contributed by atoms with Crippen LogP contribution in [0, 0.1) is 11.3 Å². The molecule has 0 saturated heterocycles. The van der Waals surface area contributed by atoms with Crippen LogP contribution in [0.15, 0.2) is 58.7 Å². The van der Waals surface area contributed by atoms with Gasteiger partial charge in [0.2, 0.25) is 0 Å². The Morgan fingerprint density at radius 2 is 1.83 bits per heavy atom. The van der Waals surface area contributed by atoms with Gasteiger partial charge in [0.25, 0.3) is 0 Å². The second-order valence-corrected chi connectivity index (χ2v) is 8.45. The zero-order valence-electron chi connectivity index (χ0n) is 17.1. The van der Waals surface area contributed by atoms with E-state index in [4.69, 9.17) is 0 Å². The lowest BCUT2D eigenvalue weighted by Crippen LogP contribution is -2.19. The maximum Gasteiger partial charge on any atom is -0.0104 e. The van der Waals surface area contributed by atoms with Gasteiger partial charge in [-0.1, -0.05) is 80.9 Å². The summed E-state index contributed by atoms with van der Waals surface area (Å²) in [7, 11) is 0. The average Bonchev–Trinajstić information content (AvgIpc) is 2.45. The topological polar surface area (TPSA) is 0 Å². The molecule has 0 aromatic rings. The van der Waals surface area contributed by atoms with E-state index >= 15 is 0 Å². The van der Waals surface area contributed by atoms with E-state index in [0.717, 1.165) is 5.92 Å². The molecule has 134 valence electrons. The molecule has 1 aliphatic rings. The summed E-state index contributed by atoms with van der Waals surface area (Å²) in [4.78, 5) is 0. The smallest absolute Gasteiger partial charge is 0.0104 e. The summed E-state index contributed by atoms with van der Waals surface area (Å²) >= 11 is 0. The number of hydrogen-bond donors (Lipinski definition) is 0. The second kappa shape index (κ2) is 9.87. The van der Waals surface area contributed by atoms with Crippen molar-refractivity contribution in [3.8, 4) is 0 Å². The van der Waals surface area contributed by atoms with Gasteiger partial charge in [-0.25, -0.2) is 0 Å². The summed E-state index contributed by atoms with van der Waals surface area (Å²) < 4.78 is 0. The Bertz CT molecular complexity index is 545. The van der Waals surface area contributed by atoms with E-state index in [1.807, 2.05) is 0 Å². The molecule has 0 unspecified atom stereocenters. The van der Waals surface area contributed by atoms with Crippen LogP contribution >= 0.6 is 0 Å². The van der Waals surface area contributed by atoms with Gasteiger partial charge >= 0.3 is 0 Å². The fourth-order valence-corrected chi connectivity index (χ4v) is 3.34. The lowest BCUT2D eigenvalue weighted by molar-refractivity contribution is 0.377. The zero-order valence-corrected chi connectivity index (χ0v) is 17.1. The predicted molar refractivity (Wildman–Crippen MR) is 110 cm³/mol. The van der Waals surface area contributed by atoms with Gasteiger partial charge in [-0.3, -0.25) is 0 Å². The van der Waals surface area contributed by atoms with Crippen molar-refractivity contribution in [2.45, 2.75) is 80.6 Å². The minimum atomic E-state index is 0.324. The van der Waals surface area contributed by atoms with Crippen molar-refractivity contribution in [2.75, 3.05) is 0 Å². The molecule has 0 heterocycles. The first-order valence-electron chi connectivity index (χ1n) is 9.62. The maximum absolute atomic E-state index is 2.37. The van der Waals surface area contributed by atoms with Gasteiger partial charge in [0.05, 0.1) is 0 Å². The largest absolute Gasteiger partial charge is 0.0816 e. The van der Waals surface area contributed by atoms with Crippen LogP contribution in [0.25, 0.3) is 0 Å². The molecule has 1 aliphatic carbocycles. The minimum Gasteiger partial charge on any atom is -0.0816 e. The highest BCUT2D eigenvalue weighted by Crippen LogP contribution is 2.40. The summed E-state index contributed by atoms with van der Waals surface area (Å²) in [5.41, 5.74) is 6.09. The number of allylic oxidation sites excluding steroid dienone is 10. The third-order valence-electron chi connectivity index (χ3n) is 4.98. The van der Waals surface area contributed by atoms with E-state index in [9.17, 15) is 0 Å². The highest BCUT2D eigenvalue weighted by Gasteiger charge is 2.26. The molecule has 0 atom stereocenters. The van der Waals surface area contributed by atoms with E-state index < -0.39 is 0 Å². The average molecular weight is 327 g/mol. The molecular weight excluding hydrogens is 288 g/mol. The molecule has 0 N–H and O–H groups in total. The molecule has 24 heavy (non-hydrogen) atoms. The Morgan fingerprint density at radius 1 is 1.12 bits per heavy atom. The Hall–Kier alpha value is -1.30. The van der Waals surface area contributed by atoms with E-state index in [-0.39, 0.29) is 0 Å². The molecule has 0 nitrogen and oxygen atoms in total. The predicted octanol–water partition coefficient (Wildman–Crippen LogP) is 7.95. The highest BCUT2D eigenvalue weighted by atomic mass is 14.3. The summed E-state index contributed by atoms with van der Waals surface area (Å²) in [6, 6.07) is 0. The Labute approximate surface area is 151 Å². The van der Waals surface area contributed by atoms with Gasteiger partial charge < -0.3 is 0 Å². The first-order valence-corrected chi connectivity index (χ1v) is 9.62. The molecule has 0 fully saturated rings. The van der Waals surface area contributed by atoms with Crippen LogP contribution in [0.2, 0.25) is 0 Å². The molecule has 0 aromatic carbocycles. The third-order valence-corrected chi connectivity index (χ3v) is 4.98. The number of rotatable bonds is 7. The van der Waals surface area contributed by atoms with E-state index in [1.165, 1.54) is 48.8 Å². The first-order chi connectivity index (χ1) is 11.2. The van der Waals surface area contributed by atoms with Crippen LogP contribution < -0.4 is 0 Å². The molecule has 1 rings (SSSR count). The molecule has 0 spiro atoms. The SMILES string of the molecule is CC1=C(/C=C/C(C)=C/C=C/C(C)=C/CCC(C)C)C(C)(C)CCC1. The molecule has 0 aliphatic heterocycles. The quantitative estimate of drug-likeness (QED) is 0.416. The van der Waals surface area contributed by atoms with Crippen LogP contribution in [0.4, 0.5) is 0 Å². The minimum absolute atomic E-state index is 0.324. The van der Waals surface area contributed by atoms with E-state index in [0.29, 0.717) is 5.41 Å². The maximum atomic E-state index is 2.37. The van der Waals surface area contributed by atoms with Crippen molar-refractivity contribution >= 4 is 0 Å².